The van der Waals surface area contributed by atoms with E-state index in [9.17, 15) is 0 Å². The van der Waals surface area contributed by atoms with E-state index in [4.69, 9.17) is 0 Å². The molecule has 1 unspecified atom stereocenters. The molecule has 0 radical (unpaired) electrons. The van der Waals surface area contributed by atoms with Crippen molar-refractivity contribution in [2.75, 3.05) is 6.54 Å². The number of aromatic nitrogens is 1. The van der Waals surface area contributed by atoms with E-state index >= 15 is 0 Å². The molecule has 19 heavy (non-hydrogen) atoms. The summed E-state index contributed by atoms with van der Waals surface area (Å²) in [6.45, 7) is 7.51. The fourth-order valence-corrected chi connectivity index (χ4v) is 3.45. The standard InChI is InChI=1S/C16H22N2S/c1-4-13-8-10-19-16(13)15(17-5-2)11-14-12(3)7-6-9-18-14/h6-10,15,17H,4-5,11H2,1-3H3. The van der Waals surface area contributed by atoms with Gasteiger partial charge >= 0.3 is 0 Å². The summed E-state index contributed by atoms with van der Waals surface area (Å²) >= 11 is 1.86. The number of hydrogen-bond donors (Lipinski definition) is 1. The topological polar surface area (TPSA) is 24.9 Å². The van der Waals surface area contributed by atoms with Crippen LogP contribution in [-0.4, -0.2) is 11.5 Å². The fraction of sp³-hybridized carbons (Fsp3) is 0.438. The van der Waals surface area contributed by atoms with Crippen molar-refractivity contribution in [3.05, 3.63) is 51.5 Å². The van der Waals surface area contributed by atoms with E-state index in [0.29, 0.717) is 6.04 Å². The number of hydrogen-bond acceptors (Lipinski definition) is 3. The van der Waals surface area contributed by atoms with Crippen LogP contribution in [0.15, 0.2) is 29.8 Å². The van der Waals surface area contributed by atoms with Gasteiger partial charge in [0, 0.05) is 29.2 Å². The van der Waals surface area contributed by atoms with E-state index in [2.05, 4.69) is 48.6 Å². The molecule has 102 valence electrons. The average molecular weight is 274 g/mol. The highest BCUT2D eigenvalue weighted by molar-refractivity contribution is 7.10. The van der Waals surface area contributed by atoms with E-state index in [1.807, 2.05) is 23.6 Å². The number of rotatable bonds is 6. The van der Waals surface area contributed by atoms with Crippen molar-refractivity contribution in [3.8, 4) is 0 Å². The zero-order valence-corrected chi connectivity index (χ0v) is 12.8. The minimum atomic E-state index is 0.383. The second-order valence-electron chi connectivity index (χ2n) is 4.75. The monoisotopic (exact) mass is 274 g/mol. The Kier molecular flexibility index (Phi) is 5.11. The van der Waals surface area contributed by atoms with Gasteiger partial charge in [0.15, 0.2) is 0 Å². The molecule has 0 aliphatic carbocycles. The van der Waals surface area contributed by atoms with E-state index < -0.39 is 0 Å². The van der Waals surface area contributed by atoms with Crippen LogP contribution in [0, 0.1) is 6.92 Å². The first-order chi connectivity index (χ1) is 9.26. The third-order valence-electron chi connectivity index (χ3n) is 3.44. The molecule has 3 heteroatoms. The summed E-state index contributed by atoms with van der Waals surface area (Å²) in [5.41, 5.74) is 3.94. The number of nitrogens with zero attached hydrogens (tertiary/aromatic N) is 1. The third kappa shape index (κ3) is 3.43. The number of aryl methyl sites for hydroxylation is 2. The van der Waals surface area contributed by atoms with Crippen molar-refractivity contribution in [2.45, 2.75) is 39.7 Å². The molecule has 0 bridgehead atoms. The number of pyridine rings is 1. The Morgan fingerprint density at radius 2 is 2.16 bits per heavy atom. The van der Waals surface area contributed by atoms with Crippen molar-refractivity contribution in [2.24, 2.45) is 0 Å². The van der Waals surface area contributed by atoms with Crippen molar-refractivity contribution >= 4 is 11.3 Å². The molecule has 0 saturated heterocycles. The Labute approximate surface area is 119 Å². The Balaban J connectivity index is 2.24. The molecule has 2 heterocycles. The van der Waals surface area contributed by atoms with Crippen LogP contribution in [0.25, 0.3) is 0 Å². The maximum atomic E-state index is 4.53. The molecule has 2 aromatic heterocycles. The van der Waals surface area contributed by atoms with E-state index in [1.165, 1.54) is 21.7 Å². The van der Waals surface area contributed by atoms with Crippen LogP contribution in [0.3, 0.4) is 0 Å². The van der Waals surface area contributed by atoms with Crippen LogP contribution in [0.4, 0.5) is 0 Å². The maximum absolute atomic E-state index is 4.53. The van der Waals surface area contributed by atoms with Gasteiger partial charge in [-0.25, -0.2) is 0 Å². The molecular weight excluding hydrogens is 252 g/mol. The van der Waals surface area contributed by atoms with Gasteiger partial charge in [-0.05, 0) is 48.5 Å². The Hall–Kier alpha value is -1.19. The lowest BCUT2D eigenvalue weighted by atomic mass is 10.0. The van der Waals surface area contributed by atoms with Crippen molar-refractivity contribution < 1.29 is 0 Å². The first kappa shape index (κ1) is 14.2. The van der Waals surface area contributed by atoms with Crippen LogP contribution in [0.1, 0.15) is 41.6 Å². The Morgan fingerprint density at radius 1 is 1.32 bits per heavy atom. The van der Waals surface area contributed by atoms with Gasteiger partial charge in [-0.3, -0.25) is 4.98 Å². The summed E-state index contributed by atoms with van der Waals surface area (Å²) < 4.78 is 0. The van der Waals surface area contributed by atoms with Crippen LogP contribution >= 0.6 is 11.3 Å². The smallest absolute Gasteiger partial charge is 0.0473 e. The highest BCUT2D eigenvalue weighted by atomic mass is 32.1. The van der Waals surface area contributed by atoms with Crippen molar-refractivity contribution in [1.82, 2.24) is 10.3 Å². The number of thiophene rings is 1. The van der Waals surface area contributed by atoms with Crippen LogP contribution < -0.4 is 5.32 Å². The Morgan fingerprint density at radius 3 is 2.84 bits per heavy atom. The molecule has 0 fully saturated rings. The quantitative estimate of drug-likeness (QED) is 0.864. The minimum absolute atomic E-state index is 0.383. The van der Waals surface area contributed by atoms with Gasteiger partial charge in [-0.1, -0.05) is 19.9 Å². The molecule has 1 N–H and O–H groups in total. The van der Waals surface area contributed by atoms with Gasteiger partial charge in [-0.15, -0.1) is 11.3 Å². The molecule has 2 rings (SSSR count). The fourth-order valence-electron chi connectivity index (χ4n) is 2.37. The van der Waals surface area contributed by atoms with E-state index in [-0.39, 0.29) is 0 Å². The third-order valence-corrected chi connectivity index (χ3v) is 4.52. The van der Waals surface area contributed by atoms with Crippen LogP contribution in [0.2, 0.25) is 0 Å². The molecule has 0 aliphatic heterocycles. The van der Waals surface area contributed by atoms with Crippen molar-refractivity contribution in [1.29, 1.82) is 0 Å². The predicted octanol–water partition coefficient (Wildman–Crippen LogP) is 3.91. The maximum Gasteiger partial charge on any atom is 0.0473 e. The van der Waals surface area contributed by atoms with Gasteiger partial charge in [-0.2, -0.15) is 0 Å². The zero-order valence-electron chi connectivity index (χ0n) is 11.9. The zero-order chi connectivity index (χ0) is 13.7. The van der Waals surface area contributed by atoms with Crippen LogP contribution in [0.5, 0.6) is 0 Å². The molecule has 0 aromatic carbocycles. The summed E-state index contributed by atoms with van der Waals surface area (Å²) in [4.78, 5) is 6.00. The molecule has 0 aliphatic rings. The SMILES string of the molecule is CCNC(Cc1ncccc1C)c1sccc1CC. The molecule has 0 saturated carbocycles. The Bertz CT molecular complexity index is 519. The number of nitrogens with one attached hydrogen (secondary N) is 1. The second-order valence-corrected chi connectivity index (χ2v) is 5.69. The minimum Gasteiger partial charge on any atom is -0.309 e. The molecule has 0 spiro atoms. The summed E-state index contributed by atoms with van der Waals surface area (Å²) in [5, 5.41) is 5.80. The molecule has 2 aromatic rings. The lowest BCUT2D eigenvalue weighted by Gasteiger charge is -2.19. The summed E-state index contributed by atoms with van der Waals surface area (Å²) in [6.07, 6.45) is 3.95. The first-order valence-electron chi connectivity index (χ1n) is 6.96. The predicted molar refractivity (Wildman–Crippen MR) is 82.8 cm³/mol. The summed E-state index contributed by atoms with van der Waals surface area (Å²) in [6, 6.07) is 6.77. The van der Waals surface area contributed by atoms with E-state index in [0.717, 1.165) is 19.4 Å². The van der Waals surface area contributed by atoms with E-state index in [1.54, 1.807) is 0 Å². The van der Waals surface area contributed by atoms with Crippen LogP contribution in [-0.2, 0) is 12.8 Å². The second kappa shape index (κ2) is 6.83. The van der Waals surface area contributed by atoms with Gasteiger partial charge < -0.3 is 5.32 Å². The van der Waals surface area contributed by atoms with Crippen molar-refractivity contribution in [3.63, 3.8) is 0 Å². The highest BCUT2D eigenvalue weighted by Crippen LogP contribution is 2.28. The lowest BCUT2D eigenvalue weighted by Crippen LogP contribution is -2.23. The highest BCUT2D eigenvalue weighted by Gasteiger charge is 2.17. The number of likely N-dealkylation sites (N-methyl/N-ethyl adjacent to an activating group) is 1. The normalized spacial score (nSPS) is 12.6. The van der Waals surface area contributed by atoms with Gasteiger partial charge in [0.2, 0.25) is 0 Å². The average Bonchev–Trinajstić information content (AvgIpc) is 2.89. The molecule has 1 atom stereocenters. The summed E-state index contributed by atoms with van der Waals surface area (Å²) in [5.74, 6) is 0. The van der Waals surface area contributed by atoms with Gasteiger partial charge in [0.25, 0.3) is 0 Å². The summed E-state index contributed by atoms with van der Waals surface area (Å²) in [7, 11) is 0. The largest absolute Gasteiger partial charge is 0.309 e. The molecule has 0 amide bonds. The van der Waals surface area contributed by atoms with Gasteiger partial charge in [0.1, 0.15) is 0 Å². The lowest BCUT2D eigenvalue weighted by molar-refractivity contribution is 0.547. The molecular formula is C16H22N2S. The molecule has 2 nitrogen and oxygen atoms in total. The van der Waals surface area contributed by atoms with Gasteiger partial charge in [0.05, 0.1) is 0 Å². The first-order valence-corrected chi connectivity index (χ1v) is 7.84.